The molecule has 0 aliphatic carbocycles. The Hall–Kier alpha value is -3.93. The van der Waals surface area contributed by atoms with Crippen LogP contribution in [0.25, 0.3) is 0 Å². The zero-order chi connectivity index (χ0) is 56.4. The molecule has 0 amide bonds. The molecule has 446 valence electrons. The van der Waals surface area contributed by atoms with Crippen LogP contribution >= 0.6 is 0 Å². The molecule has 0 fully saturated rings. The average molecular weight is 1080 g/mol. The number of rotatable bonds is 59. The van der Waals surface area contributed by atoms with Gasteiger partial charge in [0.2, 0.25) is 0 Å². The van der Waals surface area contributed by atoms with E-state index in [9.17, 15) is 14.4 Å². The molecular formula is C72H122O6. The molecule has 1 atom stereocenters. The van der Waals surface area contributed by atoms with Gasteiger partial charge in [-0.2, -0.15) is 0 Å². The van der Waals surface area contributed by atoms with Crippen LogP contribution in [0.4, 0.5) is 0 Å². The second kappa shape index (κ2) is 65.6. The highest BCUT2D eigenvalue weighted by molar-refractivity contribution is 5.71. The average Bonchev–Trinajstić information content (AvgIpc) is 3.44. The number of hydrogen-bond donors (Lipinski definition) is 0. The Balaban J connectivity index is 4.28. The number of allylic oxidation sites excluding steroid dienone is 18. The van der Waals surface area contributed by atoms with Crippen LogP contribution in [0.2, 0.25) is 0 Å². The van der Waals surface area contributed by atoms with E-state index in [4.69, 9.17) is 14.2 Å². The van der Waals surface area contributed by atoms with E-state index in [0.717, 1.165) is 135 Å². The molecule has 6 nitrogen and oxygen atoms in total. The molecule has 78 heavy (non-hydrogen) atoms. The van der Waals surface area contributed by atoms with Gasteiger partial charge in [-0.05, 0) is 109 Å². The Bertz CT molecular complexity index is 1570. The molecule has 0 aliphatic heterocycles. The highest BCUT2D eigenvalue weighted by Crippen LogP contribution is 2.16. The molecular weight excluding hydrogens is 961 g/mol. The summed E-state index contributed by atoms with van der Waals surface area (Å²) >= 11 is 0. The van der Waals surface area contributed by atoms with Gasteiger partial charge < -0.3 is 14.2 Å². The third kappa shape index (κ3) is 62.9. The third-order valence-corrected chi connectivity index (χ3v) is 14.0. The molecule has 0 heterocycles. The van der Waals surface area contributed by atoms with Crippen LogP contribution in [0.5, 0.6) is 0 Å². The molecule has 0 bridgehead atoms. The molecule has 0 aromatic rings. The monoisotopic (exact) mass is 1080 g/mol. The van der Waals surface area contributed by atoms with Crippen LogP contribution in [-0.2, 0) is 28.6 Å². The van der Waals surface area contributed by atoms with Gasteiger partial charge in [-0.1, -0.05) is 291 Å². The molecule has 0 N–H and O–H groups in total. The first-order valence-corrected chi connectivity index (χ1v) is 32.9. The standard InChI is InChI=1S/C72H122O6/c1-4-7-10-13-16-19-22-25-27-29-30-31-32-33-34-35-36-37-38-39-40-41-42-43-45-47-50-53-56-59-62-65-71(74)77-68-69(67-76-70(73)64-61-58-55-52-49-46-24-21-18-15-12-9-6-3)78-72(75)66-63-60-57-54-51-48-44-28-26-23-20-17-14-11-8-5-2/h7,10,16,19-20,23,25,27-28,30-31,33-34,36-37,39-40,44,69H,4-6,8-9,11-15,17-18,21-22,24,26,29,32,35,38,41-43,45-68H2,1-3H3/b10-7-,19-16-,23-20-,27-25-,31-30-,34-33-,37-36-,40-39-,44-28-. The van der Waals surface area contributed by atoms with Crippen molar-refractivity contribution >= 4 is 17.9 Å². The van der Waals surface area contributed by atoms with Gasteiger partial charge in [0.15, 0.2) is 6.10 Å². The van der Waals surface area contributed by atoms with Crippen molar-refractivity contribution in [2.75, 3.05) is 13.2 Å². The minimum atomic E-state index is -0.788. The van der Waals surface area contributed by atoms with Gasteiger partial charge in [-0.15, -0.1) is 0 Å². The van der Waals surface area contributed by atoms with Gasteiger partial charge in [0.25, 0.3) is 0 Å². The van der Waals surface area contributed by atoms with Gasteiger partial charge in [0.05, 0.1) is 0 Å². The Morgan fingerprint density at radius 2 is 0.500 bits per heavy atom. The van der Waals surface area contributed by atoms with Gasteiger partial charge in [-0.25, -0.2) is 0 Å². The van der Waals surface area contributed by atoms with Crippen molar-refractivity contribution < 1.29 is 28.6 Å². The van der Waals surface area contributed by atoms with Crippen molar-refractivity contribution in [1.29, 1.82) is 0 Å². The van der Waals surface area contributed by atoms with Crippen LogP contribution in [0.15, 0.2) is 109 Å². The molecule has 0 saturated carbocycles. The molecule has 0 aliphatic rings. The van der Waals surface area contributed by atoms with Gasteiger partial charge >= 0.3 is 17.9 Å². The lowest BCUT2D eigenvalue weighted by atomic mass is 10.0. The van der Waals surface area contributed by atoms with E-state index in [0.29, 0.717) is 19.3 Å². The number of ether oxygens (including phenoxy) is 3. The Labute approximate surface area is 482 Å². The molecule has 0 aromatic heterocycles. The molecule has 6 heteroatoms. The van der Waals surface area contributed by atoms with Crippen molar-refractivity contribution in [3.05, 3.63) is 109 Å². The maximum atomic E-state index is 12.9. The first-order chi connectivity index (χ1) is 38.5. The number of hydrogen-bond acceptors (Lipinski definition) is 6. The largest absolute Gasteiger partial charge is 0.462 e. The number of esters is 3. The Morgan fingerprint density at radius 3 is 0.795 bits per heavy atom. The van der Waals surface area contributed by atoms with Crippen molar-refractivity contribution in [2.45, 2.75) is 316 Å². The predicted octanol–water partition coefficient (Wildman–Crippen LogP) is 22.6. The van der Waals surface area contributed by atoms with Crippen LogP contribution in [0, 0.1) is 0 Å². The minimum Gasteiger partial charge on any atom is -0.462 e. The third-order valence-electron chi connectivity index (χ3n) is 14.0. The topological polar surface area (TPSA) is 78.9 Å². The van der Waals surface area contributed by atoms with E-state index in [1.807, 2.05) is 0 Å². The van der Waals surface area contributed by atoms with Crippen LogP contribution in [-0.4, -0.2) is 37.2 Å². The summed E-state index contributed by atoms with van der Waals surface area (Å²) in [5.74, 6) is -0.894. The summed E-state index contributed by atoms with van der Waals surface area (Å²) in [4.78, 5) is 38.3. The van der Waals surface area contributed by atoms with Crippen molar-refractivity contribution in [3.8, 4) is 0 Å². The fourth-order valence-corrected chi connectivity index (χ4v) is 9.10. The molecule has 0 radical (unpaired) electrons. The molecule has 0 rings (SSSR count). The maximum Gasteiger partial charge on any atom is 0.306 e. The minimum absolute atomic E-state index is 0.0830. The molecule has 0 spiro atoms. The number of unbranched alkanes of at least 4 members (excludes halogenated alkanes) is 30. The first kappa shape index (κ1) is 74.1. The lowest BCUT2D eigenvalue weighted by Crippen LogP contribution is -2.30. The van der Waals surface area contributed by atoms with Gasteiger partial charge in [-0.3, -0.25) is 14.4 Å². The summed E-state index contributed by atoms with van der Waals surface area (Å²) in [7, 11) is 0. The van der Waals surface area contributed by atoms with E-state index in [1.54, 1.807) is 0 Å². The number of carbonyl (C=O) groups is 3. The summed E-state index contributed by atoms with van der Waals surface area (Å²) in [6.45, 7) is 6.51. The zero-order valence-corrected chi connectivity index (χ0v) is 51.2. The summed E-state index contributed by atoms with van der Waals surface area (Å²) in [5, 5.41) is 0. The second-order valence-corrected chi connectivity index (χ2v) is 21.6. The van der Waals surface area contributed by atoms with Crippen LogP contribution in [0.3, 0.4) is 0 Å². The van der Waals surface area contributed by atoms with Gasteiger partial charge in [0, 0.05) is 19.3 Å². The normalized spacial score (nSPS) is 12.8. The van der Waals surface area contributed by atoms with Crippen molar-refractivity contribution in [1.82, 2.24) is 0 Å². The van der Waals surface area contributed by atoms with Gasteiger partial charge in [0.1, 0.15) is 13.2 Å². The first-order valence-electron chi connectivity index (χ1n) is 32.9. The van der Waals surface area contributed by atoms with E-state index < -0.39 is 6.10 Å². The quantitative estimate of drug-likeness (QED) is 0.0261. The van der Waals surface area contributed by atoms with Crippen LogP contribution < -0.4 is 0 Å². The van der Waals surface area contributed by atoms with E-state index >= 15 is 0 Å². The molecule has 1 unspecified atom stereocenters. The summed E-state index contributed by atoms with van der Waals surface area (Å²) < 4.78 is 16.9. The van der Waals surface area contributed by atoms with E-state index in [1.165, 1.54) is 135 Å². The highest BCUT2D eigenvalue weighted by atomic mass is 16.6. The lowest BCUT2D eigenvalue weighted by molar-refractivity contribution is -0.167. The van der Waals surface area contributed by atoms with E-state index in [2.05, 4.69) is 130 Å². The predicted molar refractivity (Wildman–Crippen MR) is 339 cm³/mol. The molecule has 0 aromatic carbocycles. The summed E-state index contributed by atoms with van der Waals surface area (Å²) in [5.41, 5.74) is 0. The fraction of sp³-hybridized carbons (Fsp3) is 0.708. The zero-order valence-electron chi connectivity index (χ0n) is 51.2. The molecule has 0 saturated heterocycles. The Kier molecular flexibility index (Phi) is 62.3. The van der Waals surface area contributed by atoms with Crippen molar-refractivity contribution in [2.24, 2.45) is 0 Å². The maximum absolute atomic E-state index is 12.9. The Morgan fingerprint density at radius 1 is 0.269 bits per heavy atom. The van der Waals surface area contributed by atoms with E-state index in [-0.39, 0.29) is 31.1 Å². The fourth-order valence-electron chi connectivity index (χ4n) is 9.10. The summed E-state index contributed by atoms with van der Waals surface area (Å²) in [6, 6.07) is 0. The highest BCUT2D eigenvalue weighted by Gasteiger charge is 2.19. The number of carbonyl (C=O) groups excluding carboxylic acids is 3. The lowest BCUT2D eigenvalue weighted by Gasteiger charge is -2.18. The van der Waals surface area contributed by atoms with Crippen LogP contribution in [0.1, 0.15) is 310 Å². The SMILES string of the molecule is CC/C=C\C/C=C\C/C=C\C/C=C\C/C=C\C/C=C\C/C=C\CCCCCCCCCCCC(=O)OCC(COC(=O)CCCCCCCCCCCCCCC)OC(=O)CCCCCCC/C=C\C/C=C\CCCCCC. The summed E-state index contributed by atoms with van der Waals surface area (Å²) in [6.07, 6.45) is 89.5. The van der Waals surface area contributed by atoms with Crippen molar-refractivity contribution in [3.63, 3.8) is 0 Å². The second-order valence-electron chi connectivity index (χ2n) is 21.6. The smallest absolute Gasteiger partial charge is 0.306 e.